The molecule has 7 nitrogen and oxygen atoms in total. The summed E-state index contributed by atoms with van der Waals surface area (Å²) in [5.41, 5.74) is 8.59. The highest BCUT2D eigenvalue weighted by Crippen LogP contribution is 2.27. The summed E-state index contributed by atoms with van der Waals surface area (Å²) in [4.78, 5) is 17.2. The molecule has 30 heavy (non-hydrogen) atoms. The Kier molecular flexibility index (Phi) is 6.43. The van der Waals surface area contributed by atoms with Crippen LogP contribution in [0, 0.1) is 0 Å². The first-order valence-corrected chi connectivity index (χ1v) is 10.5. The van der Waals surface area contributed by atoms with Gasteiger partial charge in [-0.25, -0.2) is 10.9 Å². The molecular weight excluding hydrogens is 404 g/mol. The second-order valence-corrected chi connectivity index (χ2v) is 7.98. The van der Waals surface area contributed by atoms with Crippen molar-refractivity contribution in [2.45, 2.75) is 18.6 Å². The lowest BCUT2D eigenvalue weighted by molar-refractivity contribution is 0.0542. The van der Waals surface area contributed by atoms with Gasteiger partial charge >= 0.3 is 0 Å². The molecule has 2 aromatic carbocycles. The third-order valence-corrected chi connectivity index (χ3v) is 6.07. The fourth-order valence-electron chi connectivity index (χ4n) is 4.08. The minimum absolute atomic E-state index is 0.0169. The van der Waals surface area contributed by atoms with Gasteiger partial charge in [-0.2, -0.15) is 0 Å². The summed E-state index contributed by atoms with van der Waals surface area (Å²) >= 11 is 6.02. The van der Waals surface area contributed by atoms with E-state index in [0.29, 0.717) is 29.4 Å². The van der Waals surface area contributed by atoms with Crippen LogP contribution in [0.15, 0.2) is 42.5 Å². The van der Waals surface area contributed by atoms with Crippen LogP contribution in [0.3, 0.4) is 0 Å². The van der Waals surface area contributed by atoms with Crippen molar-refractivity contribution in [3.8, 4) is 11.5 Å². The van der Waals surface area contributed by atoms with Gasteiger partial charge in [0, 0.05) is 37.2 Å². The lowest BCUT2D eigenvalue weighted by Crippen LogP contribution is -2.55. The van der Waals surface area contributed by atoms with E-state index in [4.69, 9.17) is 21.1 Å². The molecule has 0 saturated carbocycles. The van der Waals surface area contributed by atoms with Crippen LogP contribution in [0.4, 0.5) is 0 Å². The maximum absolute atomic E-state index is 13.0. The first-order chi connectivity index (χ1) is 14.6. The quantitative estimate of drug-likeness (QED) is 0.760. The van der Waals surface area contributed by atoms with Crippen LogP contribution in [0.5, 0.6) is 11.5 Å². The van der Waals surface area contributed by atoms with Crippen molar-refractivity contribution in [1.29, 1.82) is 0 Å². The minimum Gasteiger partial charge on any atom is -0.497 e. The van der Waals surface area contributed by atoms with Gasteiger partial charge in [-0.05, 0) is 42.3 Å². The Morgan fingerprint density at radius 2 is 1.73 bits per heavy atom. The smallest absolute Gasteiger partial charge is 0.257 e. The summed E-state index contributed by atoms with van der Waals surface area (Å²) in [5.74, 6) is 1.36. The van der Waals surface area contributed by atoms with Crippen molar-refractivity contribution in [2.75, 3.05) is 40.4 Å². The van der Waals surface area contributed by atoms with Crippen LogP contribution >= 0.6 is 11.6 Å². The molecule has 2 saturated heterocycles. The molecular formula is C22H27ClN4O3. The average molecular weight is 431 g/mol. The second-order valence-electron chi connectivity index (χ2n) is 7.54. The Bertz CT molecular complexity index is 884. The highest BCUT2D eigenvalue weighted by atomic mass is 35.5. The highest BCUT2D eigenvalue weighted by Gasteiger charge is 2.33. The first-order valence-electron chi connectivity index (χ1n) is 10.1. The topological polar surface area (TPSA) is 66.1 Å². The molecule has 2 aliphatic heterocycles. The summed E-state index contributed by atoms with van der Waals surface area (Å²) < 4.78 is 10.6. The van der Waals surface area contributed by atoms with Crippen molar-refractivity contribution >= 4 is 17.5 Å². The van der Waals surface area contributed by atoms with E-state index in [1.54, 1.807) is 32.4 Å². The number of hydrogen-bond acceptors (Lipinski definition) is 6. The molecule has 2 unspecified atom stereocenters. The molecule has 0 radical (unpaired) electrons. The minimum atomic E-state index is -0.0169. The van der Waals surface area contributed by atoms with Gasteiger partial charge in [-0.3, -0.25) is 9.69 Å². The standard InChI is InChI=1S/C22H27ClN4O3/c1-29-17-6-3-15(4-7-17)19-14-21(25-24-19)26-9-11-27(12-10-26)22(28)18-8-5-16(23)13-20(18)30-2/h3-8,13,19,21,24-25H,9-12,14H2,1-2H3. The third kappa shape index (κ3) is 4.39. The molecule has 0 aromatic heterocycles. The van der Waals surface area contributed by atoms with Crippen LogP contribution in [0.2, 0.25) is 5.02 Å². The number of nitrogens with zero attached hydrogens (tertiary/aromatic N) is 2. The zero-order valence-corrected chi connectivity index (χ0v) is 18.0. The number of amides is 1. The molecule has 8 heteroatoms. The van der Waals surface area contributed by atoms with E-state index < -0.39 is 0 Å². The zero-order valence-electron chi connectivity index (χ0n) is 17.2. The summed E-state index contributed by atoms with van der Waals surface area (Å²) in [6.45, 7) is 2.98. The summed E-state index contributed by atoms with van der Waals surface area (Å²) in [6.07, 6.45) is 1.20. The molecule has 2 aliphatic rings. The molecule has 2 aromatic rings. The molecule has 1 amide bonds. The Hall–Kier alpha value is -2.32. The molecule has 0 spiro atoms. The van der Waals surface area contributed by atoms with E-state index in [9.17, 15) is 4.79 Å². The second kappa shape index (κ2) is 9.22. The lowest BCUT2D eigenvalue weighted by Gasteiger charge is -2.37. The Morgan fingerprint density at radius 1 is 1.00 bits per heavy atom. The van der Waals surface area contributed by atoms with Crippen LogP contribution in [-0.2, 0) is 0 Å². The molecule has 0 bridgehead atoms. The predicted molar refractivity (Wildman–Crippen MR) is 116 cm³/mol. The van der Waals surface area contributed by atoms with Crippen molar-refractivity contribution in [1.82, 2.24) is 20.7 Å². The van der Waals surface area contributed by atoms with Crippen LogP contribution in [0.1, 0.15) is 28.4 Å². The number of hydrazine groups is 1. The number of ether oxygens (including phenoxy) is 2. The van der Waals surface area contributed by atoms with E-state index in [-0.39, 0.29) is 18.1 Å². The van der Waals surface area contributed by atoms with Gasteiger partial charge in [0.15, 0.2) is 0 Å². The number of carbonyl (C=O) groups excluding carboxylic acids is 1. The number of methoxy groups -OCH3 is 2. The summed E-state index contributed by atoms with van der Waals surface area (Å²) in [5, 5.41) is 0.555. The lowest BCUT2D eigenvalue weighted by atomic mass is 10.0. The van der Waals surface area contributed by atoms with Gasteiger partial charge in [-0.15, -0.1) is 0 Å². The van der Waals surface area contributed by atoms with Crippen LogP contribution in [0.25, 0.3) is 0 Å². The fourth-order valence-corrected chi connectivity index (χ4v) is 4.24. The van der Waals surface area contributed by atoms with Gasteiger partial charge in [0.25, 0.3) is 5.91 Å². The maximum Gasteiger partial charge on any atom is 0.257 e. The number of nitrogens with one attached hydrogen (secondary N) is 2. The predicted octanol–water partition coefficient (Wildman–Crippen LogP) is 2.68. The van der Waals surface area contributed by atoms with Crippen molar-refractivity contribution < 1.29 is 14.3 Å². The van der Waals surface area contributed by atoms with Crippen molar-refractivity contribution in [2.24, 2.45) is 0 Å². The Morgan fingerprint density at radius 3 is 2.40 bits per heavy atom. The molecule has 4 rings (SSSR count). The first kappa shape index (κ1) is 20.9. The number of piperazine rings is 1. The van der Waals surface area contributed by atoms with E-state index in [0.717, 1.165) is 25.3 Å². The monoisotopic (exact) mass is 430 g/mol. The highest BCUT2D eigenvalue weighted by molar-refractivity contribution is 6.30. The van der Waals surface area contributed by atoms with Gasteiger partial charge in [0.05, 0.1) is 25.9 Å². The molecule has 2 heterocycles. The largest absolute Gasteiger partial charge is 0.497 e. The number of hydrogen-bond donors (Lipinski definition) is 2. The molecule has 160 valence electrons. The average Bonchev–Trinajstić information content (AvgIpc) is 3.29. The van der Waals surface area contributed by atoms with Crippen LogP contribution in [-0.4, -0.2) is 62.3 Å². The zero-order chi connectivity index (χ0) is 21.1. The third-order valence-electron chi connectivity index (χ3n) is 5.84. The van der Waals surface area contributed by atoms with E-state index in [2.05, 4.69) is 27.9 Å². The number of rotatable bonds is 5. The van der Waals surface area contributed by atoms with Gasteiger partial charge < -0.3 is 14.4 Å². The SMILES string of the molecule is COc1ccc(C2CC(N3CCN(C(=O)c4ccc(Cl)cc4OC)CC3)NN2)cc1. The normalized spacial score (nSPS) is 22.2. The number of halogens is 1. The summed E-state index contributed by atoms with van der Waals surface area (Å²) in [6, 6.07) is 13.5. The van der Waals surface area contributed by atoms with Gasteiger partial charge in [0.2, 0.25) is 0 Å². The fraction of sp³-hybridized carbons (Fsp3) is 0.409. The van der Waals surface area contributed by atoms with Crippen LogP contribution < -0.4 is 20.3 Å². The molecule has 0 aliphatic carbocycles. The van der Waals surface area contributed by atoms with E-state index >= 15 is 0 Å². The molecule has 2 fully saturated rings. The van der Waals surface area contributed by atoms with E-state index in [1.165, 1.54) is 5.56 Å². The van der Waals surface area contributed by atoms with Crippen molar-refractivity contribution in [3.05, 3.63) is 58.6 Å². The number of benzene rings is 2. The van der Waals surface area contributed by atoms with Gasteiger partial charge in [0.1, 0.15) is 11.5 Å². The van der Waals surface area contributed by atoms with E-state index in [1.807, 2.05) is 17.0 Å². The summed E-state index contributed by atoms with van der Waals surface area (Å²) in [7, 11) is 3.23. The Labute approximate surface area is 181 Å². The van der Waals surface area contributed by atoms with Gasteiger partial charge in [-0.1, -0.05) is 23.7 Å². The van der Waals surface area contributed by atoms with Crippen molar-refractivity contribution in [3.63, 3.8) is 0 Å². The maximum atomic E-state index is 13.0. The molecule has 2 N–H and O–H groups in total. The molecule has 2 atom stereocenters. The number of carbonyl (C=O) groups is 1. The Balaban J connectivity index is 1.33.